The van der Waals surface area contributed by atoms with Gasteiger partial charge in [0.25, 0.3) is 5.91 Å². The van der Waals surface area contributed by atoms with Crippen molar-refractivity contribution in [1.29, 1.82) is 0 Å². The second-order valence-corrected chi connectivity index (χ2v) is 5.90. The van der Waals surface area contributed by atoms with Crippen molar-refractivity contribution in [3.63, 3.8) is 0 Å². The monoisotopic (exact) mass is 306 g/mol. The van der Waals surface area contributed by atoms with Gasteiger partial charge in [-0.1, -0.05) is 54.3 Å². The number of thioether (sulfide) groups is 1. The maximum atomic E-state index is 12.2. The quantitative estimate of drug-likeness (QED) is 0.608. The highest BCUT2D eigenvalue weighted by Crippen LogP contribution is 2.32. The van der Waals surface area contributed by atoms with Gasteiger partial charge in [0.2, 0.25) is 0 Å². The molecular weight excluding hydrogens is 294 g/mol. The van der Waals surface area contributed by atoms with E-state index in [-0.39, 0.29) is 12.3 Å². The van der Waals surface area contributed by atoms with Crippen molar-refractivity contribution >= 4 is 46.3 Å². The highest BCUT2D eigenvalue weighted by atomic mass is 32.2. The number of carbonyl (C=O) groups is 2. The second-order valence-electron chi connectivity index (χ2n) is 4.22. The van der Waals surface area contributed by atoms with E-state index in [1.165, 1.54) is 16.7 Å². The Hall–Kier alpha value is -1.66. The van der Waals surface area contributed by atoms with Crippen molar-refractivity contribution < 1.29 is 14.7 Å². The molecule has 6 heteroatoms. The van der Waals surface area contributed by atoms with Crippen LogP contribution in [0, 0.1) is 0 Å². The molecule has 20 heavy (non-hydrogen) atoms. The number of nitrogens with zero attached hydrogens (tertiary/aromatic N) is 1. The molecule has 0 spiro atoms. The third-order valence-electron chi connectivity index (χ3n) is 2.73. The molecular formula is C14H12NO3S2-. The van der Waals surface area contributed by atoms with Crippen LogP contribution in [0.3, 0.4) is 0 Å². The smallest absolute Gasteiger partial charge is 0.266 e. The molecule has 0 aliphatic carbocycles. The summed E-state index contributed by atoms with van der Waals surface area (Å²) in [5.41, 5.74) is 0.933. The summed E-state index contributed by atoms with van der Waals surface area (Å²) in [4.78, 5) is 24.6. The van der Waals surface area contributed by atoms with Crippen molar-refractivity contribution in [2.45, 2.75) is 12.8 Å². The molecule has 2 rings (SSSR count). The molecule has 104 valence electrons. The Morgan fingerprint density at radius 3 is 2.70 bits per heavy atom. The summed E-state index contributed by atoms with van der Waals surface area (Å²) in [5.74, 6) is -1.28. The Kier molecular flexibility index (Phi) is 4.92. The summed E-state index contributed by atoms with van der Waals surface area (Å²) in [6, 6.07) is 9.51. The van der Waals surface area contributed by atoms with E-state index in [2.05, 4.69) is 0 Å². The first-order valence-corrected chi connectivity index (χ1v) is 7.30. The van der Waals surface area contributed by atoms with Crippen LogP contribution < -0.4 is 5.11 Å². The Balaban J connectivity index is 2.05. The van der Waals surface area contributed by atoms with Gasteiger partial charge in [0.1, 0.15) is 4.32 Å². The Labute approximate surface area is 126 Å². The van der Waals surface area contributed by atoms with Crippen molar-refractivity contribution in [2.75, 3.05) is 6.54 Å². The molecule has 0 bridgehead atoms. The fourth-order valence-electron chi connectivity index (χ4n) is 1.77. The van der Waals surface area contributed by atoms with Gasteiger partial charge in [-0.3, -0.25) is 9.69 Å². The van der Waals surface area contributed by atoms with Gasteiger partial charge in [0.15, 0.2) is 0 Å². The molecule has 1 amide bonds. The zero-order valence-corrected chi connectivity index (χ0v) is 12.2. The Bertz CT molecular complexity index is 569. The lowest BCUT2D eigenvalue weighted by molar-refractivity contribution is -0.305. The van der Waals surface area contributed by atoms with Gasteiger partial charge in [-0.05, 0) is 24.5 Å². The molecule has 1 aliphatic rings. The maximum absolute atomic E-state index is 12.2. The zero-order chi connectivity index (χ0) is 14.5. The number of aliphatic carboxylic acids is 1. The summed E-state index contributed by atoms with van der Waals surface area (Å²) in [6.45, 7) is 0.310. The van der Waals surface area contributed by atoms with Crippen LogP contribution in [0.1, 0.15) is 18.4 Å². The van der Waals surface area contributed by atoms with Crippen LogP contribution in [0.25, 0.3) is 6.08 Å². The van der Waals surface area contributed by atoms with Gasteiger partial charge in [-0.15, -0.1) is 0 Å². The van der Waals surface area contributed by atoms with Crippen LogP contribution in [0.4, 0.5) is 0 Å². The molecule has 1 saturated heterocycles. The number of benzene rings is 1. The van der Waals surface area contributed by atoms with Gasteiger partial charge in [-0.25, -0.2) is 0 Å². The van der Waals surface area contributed by atoms with Gasteiger partial charge < -0.3 is 9.90 Å². The molecule has 1 fully saturated rings. The highest BCUT2D eigenvalue weighted by molar-refractivity contribution is 8.26. The van der Waals surface area contributed by atoms with E-state index in [9.17, 15) is 14.7 Å². The summed E-state index contributed by atoms with van der Waals surface area (Å²) in [7, 11) is 0. The highest BCUT2D eigenvalue weighted by Gasteiger charge is 2.31. The summed E-state index contributed by atoms with van der Waals surface area (Å²) in [6.07, 6.45) is 2.06. The van der Waals surface area contributed by atoms with Crippen molar-refractivity contribution in [3.8, 4) is 0 Å². The minimum Gasteiger partial charge on any atom is -0.550 e. The fraction of sp³-hybridized carbons (Fsp3) is 0.214. The van der Waals surface area contributed by atoms with E-state index in [0.29, 0.717) is 22.2 Å². The first kappa shape index (κ1) is 14.7. The minimum absolute atomic E-state index is 0.0746. The summed E-state index contributed by atoms with van der Waals surface area (Å²) >= 11 is 6.40. The van der Waals surface area contributed by atoms with Crippen molar-refractivity contribution in [2.24, 2.45) is 0 Å². The number of amides is 1. The second kappa shape index (κ2) is 6.67. The Morgan fingerprint density at radius 1 is 1.35 bits per heavy atom. The standard InChI is InChI=1S/C14H13NO3S2/c16-12(17)7-4-8-15-13(18)11(20-14(15)19)9-10-5-2-1-3-6-10/h1-3,5-6,9H,4,7-8H2,(H,16,17)/p-1/b11-9-. The van der Waals surface area contributed by atoms with Crippen LogP contribution in [-0.4, -0.2) is 27.6 Å². The molecule has 0 N–H and O–H groups in total. The number of thiocarbonyl (C=S) groups is 1. The number of carboxylic acids is 1. The zero-order valence-electron chi connectivity index (χ0n) is 10.6. The van der Waals surface area contributed by atoms with Crippen molar-refractivity contribution in [3.05, 3.63) is 40.8 Å². The van der Waals surface area contributed by atoms with E-state index in [4.69, 9.17) is 12.2 Å². The van der Waals surface area contributed by atoms with Crippen LogP contribution in [0.5, 0.6) is 0 Å². The lowest BCUT2D eigenvalue weighted by atomic mass is 10.2. The first-order chi connectivity index (χ1) is 9.58. The molecule has 1 aliphatic heterocycles. The molecule has 0 aromatic heterocycles. The summed E-state index contributed by atoms with van der Waals surface area (Å²) < 4.78 is 0.468. The summed E-state index contributed by atoms with van der Waals surface area (Å²) in [5, 5.41) is 10.4. The fourth-order valence-corrected chi connectivity index (χ4v) is 3.08. The average Bonchev–Trinajstić information content (AvgIpc) is 2.67. The number of carbonyl (C=O) groups excluding carboxylic acids is 2. The number of hydrogen-bond donors (Lipinski definition) is 0. The van der Waals surface area contributed by atoms with Gasteiger partial charge in [-0.2, -0.15) is 0 Å². The minimum atomic E-state index is -1.12. The first-order valence-electron chi connectivity index (χ1n) is 6.08. The van der Waals surface area contributed by atoms with Crippen LogP contribution in [0.15, 0.2) is 35.2 Å². The van der Waals surface area contributed by atoms with E-state index in [0.717, 1.165) is 5.56 Å². The van der Waals surface area contributed by atoms with Crippen LogP contribution in [0.2, 0.25) is 0 Å². The number of rotatable bonds is 5. The molecule has 4 nitrogen and oxygen atoms in total. The van der Waals surface area contributed by atoms with E-state index < -0.39 is 5.97 Å². The normalized spacial score (nSPS) is 17.0. The van der Waals surface area contributed by atoms with E-state index >= 15 is 0 Å². The molecule has 1 heterocycles. The van der Waals surface area contributed by atoms with Gasteiger partial charge >= 0.3 is 0 Å². The molecule has 1 aromatic carbocycles. The average molecular weight is 306 g/mol. The van der Waals surface area contributed by atoms with Crippen LogP contribution in [-0.2, 0) is 9.59 Å². The molecule has 0 unspecified atom stereocenters. The SMILES string of the molecule is O=C([O-])CCCN1C(=O)/C(=C/c2ccccc2)SC1=S. The maximum Gasteiger partial charge on any atom is 0.266 e. The third kappa shape index (κ3) is 3.68. The molecule has 0 atom stereocenters. The number of hydrogen-bond acceptors (Lipinski definition) is 5. The van der Waals surface area contributed by atoms with Gasteiger partial charge in [0, 0.05) is 12.5 Å². The lowest BCUT2D eigenvalue weighted by Crippen LogP contribution is -2.30. The topological polar surface area (TPSA) is 60.4 Å². The predicted octanol–water partition coefficient (Wildman–Crippen LogP) is 1.42. The third-order valence-corrected chi connectivity index (χ3v) is 4.11. The number of carboxylic acid groups (broad SMARTS) is 1. The van der Waals surface area contributed by atoms with E-state index in [1.807, 2.05) is 30.3 Å². The van der Waals surface area contributed by atoms with Crippen LogP contribution >= 0.6 is 24.0 Å². The Morgan fingerprint density at radius 2 is 2.05 bits per heavy atom. The lowest BCUT2D eigenvalue weighted by Gasteiger charge is -2.14. The molecule has 0 saturated carbocycles. The largest absolute Gasteiger partial charge is 0.550 e. The van der Waals surface area contributed by atoms with E-state index in [1.54, 1.807) is 6.08 Å². The van der Waals surface area contributed by atoms with Crippen molar-refractivity contribution in [1.82, 2.24) is 4.90 Å². The molecule has 1 aromatic rings. The molecule has 0 radical (unpaired) electrons. The predicted molar refractivity (Wildman–Crippen MR) is 80.6 cm³/mol. The van der Waals surface area contributed by atoms with Gasteiger partial charge in [0.05, 0.1) is 4.91 Å².